The lowest BCUT2D eigenvalue weighted by Crippen LogP contribution is -2.42. The maximum absolute atomic E-state index is 9.03. The second-order valence-electron chi connectivity index (χ2n) is 3.85. The van der Waals surface area contributed by atoms with E-state index in [0.29, 0.717) is 0 Å². The predicted molar refractivity (Wildman–Crippen MR) is 91.6 cm³/mol. The van der Waals surface area contributed by atoms with E-state index in [1.54, 1.807) is 0 Å². The van der Waals surface area contributed by atoms with Crippen molar-refractivity contribution in [1.29, 1.82) is 0 Å². The molecule has 0 amide bonds. The van der Waals surface area contributed by atoms with E-state index in [1.807, 2.05) is 22.6 Å². The normalized spacial score (nSPS) is 16.1. The number of alkyl halides is 3. The van der Waals surface area contributed by atoms with Crippen LogP contribution in [0.2, 0.25) is 0 Å². The van der Waals surface area contributed by atoms with E-state index in [4.69, 9.17) is 15.3 Å². The Morgan fingerprint density at radius 2 is 1.38 bits per heavy atom. The highest BCUT2D eigenvalue weighted by atomic mass is 127. The van der Waals surface area contributed by atoms with Gasteiger partial charge in [0, 0.05) is 3.92 Å². The summed E-state index contributed by atoms with van der Waals surface area (Å²) in [5, 5.41) is 27.1. The van der Waals surface area contributed by atoms with Crippen LogP contribution in [0.15, 0.2) is 0 Å². The highest BCUT2D eigenvalue weighted by Crippen LogP contribution is 2.27. The molecule has 2 atom stereocenters. The van der Waals surface area contributed by atoms with Gasteiger partial charge in [-0.15, -0.1) is 0 Å². The number of halogens is 3. The Kier molecular flexibility index (Phi) is 11.2. The van der Waals surface area contributed by atoms with Crippen LogP contribution in [0.1, 0.15) is 38.5 Å². The first-order valence-corrected chi connectivity index (χ1v) is 9.42. The summed E-state index contributed by atoms with van der Waals surface area (Å²) in [4.78, 5) is 0. The summed E-state index contributed by atoms with van der Waals surface area (Å²) in [5.41, 5.74) is 0. The molecule has 0 aromatic rings. The molecular weight excluding hydrogens is 549 g/mol. The van der Waals surface area contributed by atoms with Crippen molar-refractivity contribution in [3.63, 3.8) is 0 Å². The molecule has 6 heteroatoms. The zero-order valence-corrected chi connectivity index (χ0v) is 15.6. The van der Waals surface area contributed by atoms with Crippen molar-refractivity contribution in [3.8, 4) is 0 Å². The summed E-state index contributed by atoms with van der Waals surface area (Å²) in [7, 11) is 0. The molecule has 3 N–H and O–H groups in total. The first kappa shape index (κ1) is 18.1. The van der Waals surface area contributed by atoms with Gasteiger partial charge in [0.15, 0.2) is 0 Å². The fraction of sp³-hybridized carbons (Fsp3) is 1.00. The fourth-order valence-corrected chi connectivity index (χ4v) is 3.17. The molecule has 0 heterocycles. The zero-order valence-electron chi connectivity index (χ0n) is 9.08. The maximum atomic E-state index is 9.03. The number of hydrogen-bond acceptors (Lipinski definition) is 3. The standard InChI is InChI=1S/C10H19I3O3/c11-7-5-3-1-2-4-6-8(12)9(13)10(14,15)16/h8-9,14-16H,1-7H2. The second kappa shape index (κ2) is 9.93. The molecule has 2 unspecified atom stereocenters. The highest BCUT2D eigenvalue weighted by Gasteiger charge is 2.34. The van der Waals surface area contributed by atoms with Crippen LogP contribution >= 0.6 is 67.8 Å². The second-order valence-corrected chi connectivity index (χ2v) is 7.87. The van der Waals surface area contributed by atoms with Gasteiger partial charge in [0.2, 0.25) is 0 Å². The maximum Gasteiger partial charge on any atom is 0.288 e. The average Bonchev–Trinajstić information content (AvgIpc) is 2.20. The molecule has 0 aromatic heterocycles. The number of rotatable bonds is 9. The van der Waals surface area contributed by atoms with Crippen molar-refractivity contribution in [3.05, 3.63) is 0 Å². The van der Waals surface area contributed by atoms with Crippen LogP contribution in [-0.2, 0) is 0 Å². The Morgan fingerprint density at radius 1 is 0.875 bits per heavy atom. The van der Waals surface area contributed by atoms with Crippen LogP contribution in [-0.4, -0.2) is 33.6 Å². The molecule has 0 rings (SSSR count). The minimum Gasteiger partial charge on any atom is -0.343 e. The third kappa shape index (κ3) is 9.06. The number of hydrogen-bond donors (Lipinski definition) is 3. The lowest BCUT2D eigenvalue weighted by molar-refractivity contribution is -0.306. The first-order chi connectivity index (χ1) is 7.39. The van der Waals surface area contributed by atoms with Crippen molar-refractivity contribution >= 4 is 67.8 Å². The van der Waals surface area contributed by atoms with E-state index in [-0.39, 0.29) is 3.92 Å². The van der Waals surface area contributed by atoms with Gasteiger partial charge in [0.05, 0.1) is 0 Å². The Morgan fingerprint density at radius 3 is 1.88 bits per heavy atom. The molecule has 16 heavy (non-hydrogen) atoms. The van der Waals surface area contributed by atoms with Crippen molar-refractivity contribution in [2.75, 3.05) is 4.43 Å². The van der Waals surface area contributed by atoms with Gasteiger partial charge in [0.25, 0.3) is 5.97 Å². The van der Waals surface area contributed by atoms with Gasteiger partial charge < -0.3 is 15.3 Å². The Labute approximate surface area is 138 Å². The molecule has 0 saturated carbocycles. The van der Waals surface area contributed by atoms with E-state index in [1.165, 1.54) is 30.1 Å². The van der Waals surface area contributed by atoms with Gasteiger partial charge in [-0.3, -0.25) is 0 Å². The lowest BCUT2D eigenvalue weighted by atomic mass is 10.1. The van der Waals surface area contributed by atoms with Gasteiger partial charge >= 0.3 is 0 Å². The third-order valence-electron chi connectivity index (χ3n) is 2.30. The molecule has 0 spiro atoms. The van der Waals surface area contributed by atoms with Crippen LogP contribution in [0.4, 0.5) is 0 Å². The fourth-order valence-electron chi connectivity index (χ4n) is 1.35. The van der Waals surface area contributed by atoms with E-state index in [0.717, 1.165) is 12.8 Å². The highest BCUT2D eigenvalue weighted by molar-refractivity contribution is 14.1. The minimum absolute atomic E-state index is 0.0859. The third-order valence-corrected chi connectivity index (χ3v) is 7.49. The molecule has 0 aromatic carbocycles. The molecule has 0 aliphatic rings. The van der Waals surface area contributed by atoms with Gasteiger partial charge in [0.1, 0.15) is 3.92 Å². The number of aliphatic hydroxyl groups is 3. The quantitative estimate of drug-likeness (QED) is 0.174. The topological polar surface area (TPSA) is 60.7 Å². The van der Waals surface area contributed by atoms with Crippen LogP contribution < -0.4 is 0 Å². The lowest BCUT2D eigenvalue weighted by Gasteiger charge is -2.25. The van der Waals surface area contributed by atoms with Gasteiger partial charge in [-0.2, -0.15) is 0 Å². The van der Waals surface area contributed by atoms with E-state index in [2.05, 4.69) is 45.2 Å². The van der Waals surface area contributed by atoms with Crippen LogP contribution in [0.5, 0.6) is 0 Å². The largest absolute Gasteiger partial charge is 0.343 e. The average molecular weight is 568 g/mol. The monoisotopic (exact) mass is 568 g/mol. The van der Waals surface area contributed by atoms with Gasteiger partial charge in [-0.05, 0) is 17.3 Å². The van der Waals surface area contributed by atoms with E-state index < -0.39 is 9.90 Å². The Hall–Kier alpha value is 2.07. The molecule has 98 valence electrons. The molecule has 0 bridgehead atoms. The van der Waals surface area contributed by atoms with Gasteiger partial charge in [-0.25, -0.2) is 0 Å². The summed E-state index contributed by atoms with van der Waals surface area (Å²) in [6.45, 7) is 0. The smallest absolute Gasteiger partial charge is 0.288 e. The van der Waals surface area contributed by atoms with Crippen molar-refractivity contribution in [1.82, 2.24) is 0 Å². The number of unbranched alkanes of at least 4 members (excludes halogenated alkanes) is 4. The molecule has 3 nitrogen and oxygen atoms in total. The first-order valence-electron chi connectivity index (χ1n) is 5.40. The van der Waals surface area contributed by atoms with Gasteiger partial charge in [-0.1, -0.05) is 93.5 Å². The van der Waals surface area contributed by atoms with Crippen LogP contribution in [0.3, 0.4) is 0 Å². The Bertz CT molecular complexity index is 173. The van der Waals surface area contributed by atoms with Crippen molar-refractivity contribution < 1.29 is 15.3 Å². The summed E-state index contributed by atoms with van der Waals surface area (Å²) in [6, 6.07) is 0. The Balaban J connectivity index is 3.54. The molecule has 0 aliphatic heterocycles. The van der Waals surface area contributed by atoms with Crippen LogP contribution in [0, 0.1) is 0 Å². The van der Waals surface area contributed by atoms with Crippen LogP contribution in [0.25, 0.3) is 0 Å². The van der Waals surface area contributed by atoms with E-state index >= 15 is 0 Å². The van der Waals surface area contributed by atoms with Crippen molar-refractivity contribution in [2.45, 2.75) is 52.3 Å². The molecular formula is C10H19I3O3. The zero-order chi connectivity index (χ0) is 12.6. The molecule has 0 saturated heterocycles. The predicted octanol–water partition coefficient (Wildman–Crippen LogP) is 3.00. The summed E-state index contributed by atoms with van der Waals surface area (Å²) in [6.07, 6.45) is 7.02. The van der Waals surface area contributed by atoms with Crippen molar-refractivity contribution in [2.24, 2.45) is 0 Å². The minimum atomic E-state index is -2.55. The SMILES string of the molecule is OC(O)(O)C(I)C(I)CCCCCCCI. The summed E-state index contributed by atoms with van der Waals surface area (Å²) >= 11 is 6.45. The summed E-state index contributed by atoms with van der Waals surface area (Å²) < 4.78 is 0.771. The molecule has 0 fully saturated rings. The molecule has 0 aliphatic carbocycles. The van der Waals surface area contributed by atoms with E-state index in [9.17, 15) is 0 Å². The molecule has 0 radical (unpaired) electrons. The summed E-state index contributed by atoms with van der Waals surface area (Å²) in [5.74, 6) is -2.55.